The van der Waals surface area contributed by atoms with E-state index in [9.17, 15) is 8.42 Å². The highest BCUT2D eigenvalue weighted by atomic mass is 35.7. The van der Waals surface area contributed by atoms with E-state index in [0.717, 1.165) is 5.56 Å². The summed E-state index contributed by atoms with van der Waals surface area (Å²) in [5.74, 6) is 6.56. The van der Waals surface area contributed by atoms with Crippen LogP contribution in [0.3, 0.4) is 0 Å². The van der Waals surface area contributed by atoms with Crippen molar-refractivity contribution in [3.8, 4) is 17.6 Å². The summed E-state index contributed by atoms with van der Waals surface area (Å²) in [4.78, 5) is 0.142. The number of ether oxygens (including phenoxy) is 1. The third-order valence-corrected chi connectivity index (χ3v) is 4.32. The number of aryl methyl sites for hydroxylation is 1. The van der Waals surface area contributed by atoms with Crippen LogP contribution in [0.1, 0.15) is 44.2 Å². The Hall–Kier alpha value is -1.18. The molecule has 110 valence electrons. The third-order valence-electron chi connectivity index (χ3n) is 2.85. The molecule has 0 aromatic heterocycles. The lowest BCUT2D eigenvalue weighted by molar-refractivity contribution is 0.322. The molecule has 20 heavy (non-hydrogen) atoms. The van der Waals surface area contributed by atoms with Crippen molar-refractivity contribution in [2.75, 3.05) is 6.61 Å². The SMILES string of the molecule is CC#CCCOc1cc(C)c(S(=O)(=O)Cl)cc1C(C)C. The van der Waals surface area contributed by atoms with Crippen molar-refractivity contribution < 1.29 is 13.2 Å². The number of hydrogen-bond donors (Lipinski definition) is 0. The van der Waals surface area contributed by atoms with Gasteiger partial charge < -0.3 is 4.74 Å². The largest absolute Gasteiger partial charge is 0.492 e. The molecule has 0 unspecified atom stereocenters. The molecule has 0 heterocycles. The monoisotopic (exact) mass is 314 g/mol. The van der Waals surface area contributed by atoms with Gasteiger partial charge in [-0.2, -0.15) is 0 Å². The Morgan fingerprint density at radius 3 is 2.50 bits per heavy atom. The zero-order valence-electron chi connectivity index (χ0n) is 12.2. The van der Waals surface area contributed by atoms with Crippen molar-refractivity contribution in [2.45, 2.75) is 44.9 Å². The van der Waals surface area contributed by atoms with Gasteiger partial charge in [0.25, 0.3) is 9.05 Å². The van der Waals surface area contributed by atoms with E-state index >= 15 is 0 Å². The Balaban J connectivity index is 3.17. The maximum atomic E-state index is 11.5. The molecule has 0 spiro atoms. The van der Waals surface area contributed by atoms with E-state index in [1.54, 1.807) is 26.0 Å². The van der Waals surface area contributed by atoms with E-state index in [-0.39, 0.29) is 10.8 Å². The van der Waals surface area contributed by atoms with Gasteiger partial charge in [-0.15, -0.1) is 11.8 Å². The van der Waals surface area contributed by atoms with E-state index in [4.69, 9.17) is 15.4 Å². The standard InChI is InChI=1S/C15H19ClO3S/c1-5-6-7-8-19-14-9-12(4)15(20(16,17)18)10-13(14)11(2)3/h9-11H,7-8H2,1-4H3. The first kappa shape index (κ1) is 16.9. The van der Waals surface area contributed by atoms with Crippen molar-refractivity contribution in [1.82, 2.24) is 0 Å². The van der Waals surface area contributed by atoms with Gasteiger partial charge in [-0.3, -0.25) is 0 Å². The number of benzene rings is 1. The molecular weight excluding hydrogens is 296 g/mol. The molecule has 0 aliphatic carbocycles. The predicted molar refractivity (Wildman–Crippen MR) is 81.9 cm³/mol. The Labute approximate surface area is 125 Å². The number of halogens is 1. The molecule has 1 aromatic carbocycles. The second kappa shape index (κ2) is 7.01. The molecule has 0 saturated carbocycles. The molecule has 0 aliphatic rings. The number of hydrogen-bond acceptors (Lipinski definition) is 3. The van der Waals surface area contributed by atoms with Crippen LogP contribution in [0.2, 0.25) is 0 Å². The minimum atomic E-state index is -3.74. The van der Waals surface area contributed by atoms with E-state index in [1.807, 2.05) is 13.8 Å². The molecule has 0 radical (unpaired) electrons. The topological polar surface area (TPSA) is 43.4 Å². The van der Waals surface area contributed by atoms with Crippen LogP contribution in [-0.2, 0) is 9.05 Å². The molecule has 0 fully saturated rings. The van der Waals surface area contributed by atoms with Gasteiger partial charge in [-0.05, 0) is 43.0 Å². The Kier molecular flexibility index (Phi) is 5.91. The number of rotatable bonds is 5. The van der Waals surface area contributed by atoms with Crippen LogP contribution in [0, 0.1) is 18.8 Å². The summed E-state index contributed by atoms with van der Waals surface area (Å²) in [6, 6.07) is 3.33. The van der Waals surface area contributed by atoms with Gasteiger partial charge in [0.05, 0.1) is 11.5 Å². The fourth-order valence-corrected chi connectivity index (χ4v) is 3.06. The highest BCUT2D eigenvalue weighted by Crippen LogP contribution is 2.33. The average Bonchev–Trinajstić information content (AvgIpc) is 2.32. The summed E-state index contributed by atoms with van der Waals surface area (Å²) in [5.41, 5.74) is 1.42. The van der Waals surface area contributed by atoms with E-state index in [0.29, 0.717) is 24.3 Å². The summed E-state index contributed by atoms with van der Waals surface area (Å²) in [6.07, 6.45) is 0.642. The van der Waals surface area contributed by atoms with E-state index < -0.39 is 9.05 Å². The highest BCUT2D eigenvalue weighted by Gasteiger charge is 2.19. The van der Waals surface area contributed by atoms with Crippen LogP contribution in [0.4, 0.5) is 0 Å². The lowest BCUT2D eigenvalue weighted by Crippen LogP contribution is -2.04. The molecule has 5 heteroatoms. The van der Waals surface area contributed by atoms with Gasteiger partial charge in [0.2, 0.25) is 0 Å². The van der Waals surface area contributed by atoms with Crippen LogP contribution >= 0.6 is 10.7 Å². The van der Waals surface area contributed by atoms with Crippen LogP contribution in [0.5, 0.6) is 5.75 Å². The summed E-state index contributed by atoms with van der Waals surface area (Å²) >= 11 is 0. The molecule has 1 rings (SSSR count). The molecular formula is C15H19ClO3S. The Bertz CT molecular complexity index is 637. The average molecular weight is 315 g/mol. The van der Waals surface area contributed by atoms with Gasteiger partial charge >= 0.3 is 0 Å². The minimum Gasteiger partial charge on any atom is -0.492 e. The molecule has 0 amide bonds. The first-order valence-corrected chi connectivity index (χ1v) is 8.70. The fraction of sp³-hybridized carbons (Fsp3) is 0.467. The summed E-state index contributed by atoms with van der Waals surface area (Å²) in [6.45, 7) is 7.93. The highest BCUT2D eigenvalue weighted by molar-refractivity contribution is 8.13. The van der Waals surface area contributed by atoms with Crippen LogP contribution < -0.4 is 4.74 Å². The second-order valence-electron chi connectivity index (χ2n) is 4.77. The van der Waals surface area contributed by atoms with Gasteiger partial charge in [0.15, 0.2) is 0 Å². The van der Waals surface area contributed by atoms with Gasteiger partial charge in [0.1, 0.15) is 5.75 Å². The van der Waals surface area contributed by atoms with Crippen LogP contribution in [0.15, 0.2) is 17.0 Å². The lowest BCUT2D eigenvalue weighted by Gasteiger charge is -2.16. The zero-order valence-corrected chi connectivity index (χ0v) is 13.7. The quantitative estimate of drug-likeness (QED) is 0.471. The molecule has 0 saturated heterocycles. The third kappa shape index (κ3) is 4.43. The zero-order chi connectivity index (χ0) is 15.3. The first-order chi connectivity index (χ1) is 9.27. The van der Waals surface area contributed by atoms with Crippen molar-refractivity contribution in [1.29, 1.82) is 0 Å². The lowest BCUT2D eigenvalue weighted by atomic mass is 10.0. The summed E-state index contributed by atoms with van der Waals surface area (Å²) < 4.78 is 28.8. The predicted octanol–water partition coefficient (Wildman–Crippen LogP) is 3.84. The smallest absolute Gasteiger partial charge is 0.261 e. The molecule has 3 nitrogen and oxygen atoms in total. The van der Waals surface area contributed by atoms with Crippen molar-refractivity contribution in [3.63, 3.8) is 0 Å². The summed E-state index contributed by atoms with van der Waals surface area (Å²) in [5, 5.41) is 0. The second-order valence-corrected chi connectivity index (χ2v) is 7.31. The summed E-state index contributed by atoms with van der Waals surface area (Å²) in [7, 11) is 1.71. The minimum absolute atomic E-state index is 0.139. The first-order valence-electron chi connectivity index (χ1n) is 6.39. The Morgan fingerprint density at radius 1 is 1.35 bits per heavy atom. The molecule has 0 atom stereocenters. The van der Waals surface area contributed by atoms with Gasteiger partial charge in [0, 0.05) is 17.1 Å². The van der Waals surface area contributed by atoms with Crippen LogP contribution in [-0.4, -0.2) is 15.0 Å². The maximum Gasteiger partial charge on any atom is 0.261 e. The maximum absolute atomic E-state index is 11.5. The normalized spacial score (nSPS) is 11.1. The van der Waals surface area contributed by atoms with E-state index in [1.165, 1.54) is 0 Å². The molecule has 0 N–H and O–H groups in total. The van der Waals surface area contributed by atoms with Crippen molar-refractivity contribution in [2.24, 2.45) is 0 Å². The van der Waals surface area contributed by atoms with Crippen LogP contribution in [0.25, 0.3) is 0 Å². The molecule has 0 bridgehead atoms. The van der Waals surface area contributed by atoms with E-state index in [2.05, 4.69) is 11.8 Å². The molecule has 1 aromatic rings. The van der Waals surface area contributed by atoms with Crippen molar-refractivity contribution >= 4 is 19.7 Å². The molecule has 0 aliphatic heterocycles. The van der Waals surface area contributed by atoms with Gasteiger partial charge in [-0.25, -0.2) is 8.42 Å². The fourth-order valence-electron chi connectivity index (χ4n) is 1.85. The Morgan fingerprint density at radius 2 is 2.00 bits per heavy atom. The van der Waals surface area contributed by atoms with Gasteiger partial charge in [-0.1, -0.05) is 13.8 Å². The van der Waals surface area contributed by atoms with Crippen molar-refractivity contribution in [3.05, 3.63) is 23.3 Å².